The molecule has 0 aliphatic heterocycles. The maximum Gasteiger partial charge on any atom is 0.336 e. The van der Waals surface area contributed by atoms with E-state index in [1.54, 1.807) is 18.2 Å². The smallest absolute Gasteiger partial charge is 0.336 e. The maximum atomic E-state index is 11.5. The van der Waals surface area contributed by atoms with E-state index in [0.29, 0.717) is 23.6 Å². The molecule has 174 valence electrons. The van der Waals surface area contributed by atoms with Crippen molar-refractivity contribution in [3.05, 3.63) is 65.4 Å². The number of aromatic nitrogens is 4. The Morgan fingerprint density at radius 2 is 1.91 bits per heavy atom. The maximum absolute atomic E-state index is 11.5. The summed E-state index contributed by atoms with van der Waals surface area (Å²) >= 11 is 0. The summed E-state index contributed by atoms with van der Waals surface area (Å²) < 4.78 is 2.10. The van der Waals surface area contributed by atoms with Gasteiger partial charge in [-0.15, -0.1) is 0 Å². The van der Waals surface area contributed by atoms with Crippen LogP contribution in [0.15, 0.2) is 42.6 Å². The van der Waals surface area contributed by atoms with Gasteiger partial charge >= 0.3 is 5.97 Å². The number of benzene rings is 1. The number of carboxylic acid groups (broad SMARTS) is 1. The Labute approximate surface area is 196 Å². The van der Waals surface area contributed by atoms with Crippen LogP contribution >= 0.6 is 0 Å². The summed E-state index contributed by atoms with van der Waals surface area (Å²) in [6.45, 7) is 3.12. The number of hydrogen-bond donors (Lipinski definition) is 1. The quantitative estimate of drug-likeness (QED) is 0.390. The van der Waals surface area contributed by atoms with E-state index in [1.807, 2.05) is 24.4 Å². The molecule has 0 radical (unpaired) electrons. The Bertz CT molecular complexity index is 1050. The van der Waals surface area contributed by atoms with Crippen molar-refractivity contribution in [2.24, 2.45) is 5.92 Å². The number of rotatable bonds is 10. The largest absolute Gasteiger partial charge is 0.478 e. The molecule has 1 aliphatic rings. The van der Waals surface area contributed by atoms with Crippen LogP contribution in [-0.2, 0) is 19.4 Å². The molecule has 0 atom stereocenters. The average molecular weight is 447 g/mol. The molecule has 0 spiro atoms. The van der Waals surface area contributed by atoms with Crippen LogP contribution in [0, 0.1) is 5.92 Å². The minimum atomic E-state index is -0.942. The molecule has 2 heterocycles. The van der Waals surface area contributed by atoms with Crippen LogP contribution in [-0.4, -0.2) is 30.8 Å². The van der Waals surface area contributed by atoms with Crippen molar-refractivity contribution in [3.8, 4) is 11.3 Å². The van der Waals surface area contributed by atoms with Gasteiger partial charge in [0.05, 0.1) is 11.3 Å². The van der Waals surface area contributed by atoms with Crippen LogP contribution in [0.5, 0.6) is 0 Å². The standard InChI is InChI=1S/C27H34N4O2/c1-2-3-9-16-31-26(29-25(30-31)17-20-10-5-4-6-11-20)18-21-14-15-24(28-19-21)22-12-7-8-13-23(22)27(32)33/h7-8,12-15,19-20H,2-6,9-11,16-18H2,1H3,(H,32,33). The van der Waals surface area contributed by atoms with Crippen molar-refractivity contribution < 1.29 is 9.90 Å². The molecule has 1 saturated carbocycles. The molecule has 3 aromatic rings. The van der Waals surface area contributed by atoms with Crippen LogP contribution in [0.4, 0.5) is 0 Å². The SMILES string of the molecule is CCCCCn1nc(CC2CCCCC2)nc1Cc1ccc(-c2ccccc2C(=O)O)nc1. The van der Waals surface area contributed by atoms with Gasteiger partial charge in [0.2, 0.25) is 0 Å². The zero-order valence-corrected chi connectivity index (χ0v) is 19.5. The molecule has 33 heavy (non-hydrogen) atoms. The zero-order chi connectivity index (χ0) is 23.0. The first-order chi connectivity index (χ1) is 16.1. The monoisotopic (exact) mass is 446 g/mol. The van der Waals surface area contributed by atoms with E-state index < -0.39 is 5.97 Å². The van der Waals surface area contributed by atoms with E-state index in [2.05, 4.69) is 16.6 Å². The van der Waals surface area contributed by atoms with E-state index in [-0.39, 0.29) is 5.56 Å². The fourth-order valence-electron chi connectivity index (χ4n) is 4.75. The summed E-state index contributed by atoms with van der Waals surface area (Å²) in [6, 6.07) is 10.9. The van der Waals surface area contributed by atoms with E-state index >= 15 is 0 Å². The first-order valence-electron chi connectivity index (χ1n) is 12.3. The van der Waals surface area contributed by atoms with E-state index in [4.69, 9.17) is 10.1 Å². The summed E-state index contributed by atoms with van der Waals surface area (Å²) in [5, 5.41) is 14.4. The third-order valence-electron chi connectivity index (χ3n) is 6.58. The van der Waals surface area contributed by atoms with Gasteiger partial charge in [-0.25, -0.2) is 14.5 Å². The Morgan fingerprint density at radius 3 is 2.64 bits per heavy atom. The van der Waals surface area contributed by atoms with Gasteiger partial charge in [-0.3, -0.25) is 4.98 Å². The Hall–Kier alpha value is -3.02. The minimum absolute atomic E-state index is 0.265. The molecule has 0 bridgehead atoms. The van der Waals surface area contributed by atoms with Crippen LogP contribution < -0.4 is 0 Å². The van der Waals surface area contributed by atoms with Crippen molar-refractivity contribution in [1.82, 2.24) is 19.7 Å². The summed E-state index contributed by atoms with van der Waals surface area (Å²) in [7, 11) is 0. The molecule has 0 amide bonds. The Morgan fingerprint density at radius 1 is 1.09 bits per heavy atom. The number of unbranched alkanes of at least 4 members (excludes halogenated alkanes) is 2. The fourth-order valence-corrected chi connectivity index (χ4v) is 4.75. The fraction of sp³-hybridized carbons (Fsp3) is 0.481. The zero-order valence-electron chi connectivity index (χ0n) is 19.5. The molecule has 6 nitrogen and oxygen atoms in total. The molecule has 1 aromatic carbocycles. The van der Waals surface area contributed by atoms with Gasteiger partial charge in [0.1, 0.15) is 5.82 Å². The summed E-state index contributed by atoms with van der Waals surface area (Å²) in [5.41, 5.74) is 2.62. The highest BCUT2D eigenvalue weighted by Crippen LogP contribution is 2.26. The molecular formula is C27H34N4O2. The van der Waals surface area contributed by atoms with Crippen molar-refractivity contribution in [2.75, 3.05) is 0 Å². The predicted molar refractivity (Wildman–Crippen MR) is 129 cm³/mol. The average Bonchev–Trinajstić information content (AvgIpc) is 3.21. The molecule has 4 rings (SSSR count). The van der Waals surface area contributed by atoms with Crippen LogP contribution in [0.25, 0.3) is 11.3 Å². The molecule has 2 aromatic heterocycles. The highest BCUT2D eigenvalue weighted by Gasteiger charge is 2.18. The molecule has 0 saturated heterocycles. The van der Waals surface area contributed by atoms with Gasteiger partial charge in [-0.2, -0.15) is 5.10 Å². The van der Waals surface area contributed by atoms with E-state index in [1.165, 1.54) is 44.9 Å². The highest BCUT2D eigenvalue weighted by molar-refractivity contribution is 5.95. The van der Waals surface area contributed by atoms with Gasteiger partial charge < -0.3 is 5.11 Å². The molecule has 1 aliphatic carbocycles. The lowest BCUT2D eigenvalue weighted by molar-refractivity contribution is 0.0697. The highest BCUT2D eigenvalue weighted by atomic mass is 16.4. The number of pyridine rings is 1. The minimum Gasteiger partial charge on any atom is -0.478 e. The second kappa shape index (κ2) is 11.2. The summed E-state index contributed by atoms with van der Waals surface area (Å²) in [4.78, 5) is 21.1. The summed E-state index contributed by atoms with van der Waals surface area (Å²) in [6.07, 6.45) is 13.6. The van der Waals surface area contributed by atoms with Crippen LogP contribution in [0.3, 0.4) is 0 Å². The lowest BCUT2D eigenvalue weighted by Gasteiger charge is -2.19. The van der Waals surface area contributed by atoms with Crippen LogP contribution in [0.2, 0.25) is 0 Å². The Kier molecular flexibility index (Phi) is 7.87. The topological polar surface area (TPSA) is 80.9 Å². The lowest BCUT2D eigenvalue weighted by Crippen LogP contribution is -2.10. The van der Waals surface area contributed by atoms with Crippen molar-refractivity contribution >= 4 is 5.97 Å². The number of nitrogens with zero attached hydrogens (tertiary/aromatic N) is 4. The lowest BCUT2D eigenvalue weighted by atomic mass is 9.87. The number of carbonyl (C=O) groups is 1. The third kappa shape index (κ3) is 6.06. The number of carboxylic acids is 1. The molecule has 1 N–H and O–H groups in total. The van der Waals surface area contributed by atoms with Gasteiger partial charge in [-0.05, 0) is 30.0 Å². The first kappa shape index (κ1) is 23.1. The van der Waals surface area contributed by atoms with Crippen LogP contribution in [0.1, 0.15) is 85.9 Å². The number of aryl methyl sites for hydroxylation is 1. The second-order valence-corrected chi connectivity index (χ2v) is 9.16. The van der Waals surface area contributed by atoms with Gasteiger partial charge in [0, 0.05) is 31.1 Å². The van der Waals surface area contributed by atoms with Crippen molar-refractivity contribution in [2.45, 2.75) is 77.7 Å². The normalized spacial score (nSPS) is 14.5. The van der Waals surface area contributed by atoms with E-state index in [9.17, 15) is 9.90 Å². The van der Waals surface area contributed by atoms with Gasteiger partial charge in [0.25, 0.3) is 0 Å². The van der Waals surface area contributed by atoms with Crippen molar-refractivity contribution in [3.63, 3.8) is 0 Å². The van der Waals surface area contributed by atoms with Crippen molar-refractivity contribution in [1.29, 1.82) is 0 Å². The van der Waals surface area contributed by atoms with Gasteiger partial charge in [-0.1, -0.05) is 76.1 Å². The first-order valence-corrected chi connectivity index (χ1v) is 12.3. The molecule has 1 fully saturated rings. The second-order valence-electron chi connectivity index (χ2n) is 9.16. The number of hydrogen-bond acceptors (Lipinski definition) is 4. The number of aromatic carboxylic acids is 1. The van der Waals surface area contributed by atoms with E-state index in [0.717, 1.165) is 36.6 Å². The van der Waals surface area contributed by atoms with Gasteiger partial charge in [0.15, 0.2) is 5.82 Å². The molecule has 0 unspecified atom stereocenters. The third-order valence-corrected chi connectivity index (χ3v) is 6.58. The molecular weight excluding hydrogens is 412 g/mol. The predicted octanol–water partition coefficient (Wildman–Crippen LogP) is 5.94. The Balaban J connectivity index is 1.51. The summed E-state index contributed by atoms with van der Waals surface area (Å²) in [5.74, 6) is 1.75. The molecule has 6 heteroatoms.